The topological polar surface area (TPSA) is 77.8 Å². The van der Waals surface area contributed by atoms with Crippen molar-refractivity contribution >= 4 is 38.6 Å². The highest BCUT2D eigenvalue weighted by molar-refractivity contribution is 9.10. The summed E-state index contributed by atoms with van der Waals surface area (Å²) in [7, 11) is 0. The Morgan fingerprint density at radius 3 is 2.60 bits per heavy atom. The van der Waals surface area contributed by atoms with Gasteiger partial charge in [-0.3, -0.25) is 9.80 Å². The summed E-state index contributed by atoms with van der Waals surface area (Å²) in [6.45, 7) is 7.65. The second-order valence-corrected chi connectivity index (χ2v) is 10.7. The molecule has 0 radical (unpaired) electrons. The summed E-state index contributed by atoms with van der Waals surface area (Å²) >= 11 is 10.00. The Kier molecular flexibility index (Phi) is 6.92. The summed E-state index contributed by atoms with van der Waals surface area (Å²) in [5.41, 5.74) is 2.76. The van der Waals surface area contributed by atoms with Crippen molar-refractivity contribution in [2.24, 2.45) is 5.92 Å². The molecule has 11 heteroatoms. The molecule has 0 spiro atoms. The number of nitrogens with zero attached hydrogens (tertiary/aromatic N) is 6. The molecule has 1 saturated carbocycles. The number of benzene rings is 1. The summed E-state index contributed by atoms with van der Waals surface area (Å²) in [5, 5.41) is 9.34. The van der Waals surface area contributed by atoms with Gasteiger partial charge in [0.15, 0.2) is 6.29 Å². The number of pyridine rings is 1. The maximum Gasteiger partial charge on any atom is 0.223 e. The van der Waals surface area contributed by atoms with E-state index in [0.717, 1.165) is 66.3 Å². The molecular formula is C24H28BrClN6O3. The van der Waals surface area contributed by atoms with Gasteiger partial charge in [-0.05, 0) is 52.9 Å². The fraction of sp³-hybridized carbons (Fsp3) is 0.542. The zero-order valence-electron chi connectivity index (χ0n) is 19.4. The normalized spacial score (nSPS) is 20.2. The number of ether oxygens (including phenoxy) is 3. The molecule has 4 heterocycles. The molecule has 0 atom stereocenters. The minimum Gasteiger partial charge on any atom is -0.437 e. The summed E-state index contributed by atoms with van der Waals surface area (Å²) in [6, 6.07) is 5.91. The van der Waals surface area contributed by atoms with Gasteiger partial charge in [0, 0.05) is 57.6 Å². The van der Waals surface area contributed by atoms with E-state index in [-0.39, 0.29) is 6.29 Å². The lowest BCUT2D eigenvalue weighted by atomic mass is 10.2. The standard InChI is InChI=1S/C24H28BrClN6O3/c25-22-20(4-3-19-23(22)28-29-32(19)13-16-1-2-16)35-24-17(11-18(26)12-27-24)14-30-5-7-31(8-6-30)15-21-33-9-10-34-21/h3-4,11-12,16,21H,1-2,5-10,13-15H2. The minimum absolute atomic E-state index is 0.0928. The molecule has 35 heavy (non-hydrogen) atoms. The summed E-state index contributed by atoms with van der Waals surface area (Å²) in [6.07, 6.45) is 4.07. The Hall–Kier alpha value is -1.82. The zero-order chi connectivity index (χ0) is 23.8. The molecule has 1 aliphatic carbocycles. The molecule has 6 rings (SSSR count). The number of hydrogen-bond acceptors (Lipinski definition) is 8. The summed E-state index contributed by atoms with van der Waals surface area (Å²) < 4.78 is 20.2. The molecule has 9 nitrogen and oxygen atoms in total. The Morgan fingerprint density at radius 2 is 1.83 bits per heavy atom. The number of piperazine rings is 1. The van der Waals surface area contributed by atoms with Gasteiger partial charge in [-0.15, -0.1) is 5.10 Å². The first kappa shape index (κ1) is 23.6. The van der Waals surface area contributed by atoms with E-state index < -0.39 is 0 Å². The molecule has 0 unspecified atom stereocenters. The number of rotatable bonds is 8. The van der Waals surface area contributed by atoms with E-state index in [1.54, 1.807) is 6.20 Å². The molecule has 2 saturated heterocycles. The van der Waals surface area contributed by atoms with Crippen LogP contribution < -0.4 is 4.74 Å². The van der Waals surface area contributed by atoms with E-state index in [1.807, 2.05) is 22.9 Å². The maximum absolute atomic E-state index is 6.31. The Bertz CT molecular complexity index is 1190. The smallest absolute Gasteiger partial charge is 0.223 e. The van der Waals surface area contributed by atoms with E-state index in [0.29, 0.717) is 36.4 Å². The molecular weight excluding hydrogens is 536 g/mol. The fourth-order valence-corrected chi connectivity index (χ4v) is 5.29. The zero-order valence-corrected chi connectivity index (χ0v) is 21.7. The van der Waals surface area contributed by atoms with Crippen molar-refractivity contribution < 1.29 is 14.2 Å². The largest absolute Gasteiger partial charge is 0.437 e. The average Bonchev–Trinajstić information content (AvgIpc) is 3.35. The number of aromatic nitrogens is 4. The lowest BCUT2D eigenvalue weighted by Crippen LogP contribution is -2.48. The molecule has 1 aromatic carbocycles. The number of hydrogen-bond donors (Lipinski definition) is 0. The highest BCUT2D eigenvalue weighted by Crippen LogP contribution is 2.37. The Balaban J connectivity index is 1.14. The number of fused-ring (bicyclic) bond motifs is 1. The van der Waals surface area contributed by atoms with Crippen molar-refractivity contribution in [3.05, 3.63) is 39.5 Å². The van der Waals surface area contributed by atoms with Crippen LogP contribution in [0.5, 0.6) is 11.6 Å². The van der Waals surface area contributed by atoms with Crippen LogP contribution in [0.3, 0.4) is 0 Å². The molecule has 186 valence electrons. The SMILES string of the molecule is Clc1cnc(Oc2ccc3c(nnn3CC3CC3)c2Br)c(CN2CCN(CC3OCCO3)CC2)c1. The quantitative estimate of drug-likeness (QED) is 0.408. The van der Waals surface area contributed by atoms with E-state index in [1.165, 1.54) is 12.8 Å². The van der Waals surface area contributed by atoms with Crippen molar-refractivity contribution in [3.63, 3.8) is 0 Å². The first-order chi connectivity index (χ1) is 17.1. The van der Waals surface area contributed by atoms with Crippen molar-refractivity contribution in [2.75, 3.05) is 45.9 Å². The van der Waals surface area contributed by atoms with E-state index in [4.69, 9.17) is 25.8 Å². The maximum atomic E-state index is 6.31. The van der Waals surface area contributed by atoms with Gasteiger partial charge in [-0.2, -0.15) is 0 Å². The van der Waals surface area contributed by atoms with Gasteiger partial charge < -0.3 is 14.2 Å². The summed E-state index contributed by atoms with van der Waals surface area (Å²) in [5.74, 6) is 1.94. The molecule has 3 fully saturated rings. The van der Waals surface area contributed by atoms with Crippen molar-refractivity contribution in [1.29, 1.82) is 0 Å². The van der Waals surface area contributed by atoms with Gasteiger partial charge >= 0.3 is 0 Å². The highest BCUT2D eigenvalue weighted by Gasteiger charge is 2.26. The lowest BCUT2D eigenvalue weighted by molar-refractivity contribution is -0.0678. The first-order valence-electron chi connectivity index (χ1n) is 12.1. The average molecular weight is 564 g/mol. The van der Waals surface area contributed by atoms with E-state index >= 15 is 0 Å². The monoisotopic (exact) mass is 562 g/mol. The van der Waals surface area contributed by atoms with E-state index in [9.17, 15) is 0 Å². The minimum atomic E-state index is -0.0928. The molecule has 2 aromatic heterocycles. The van der Waals surface area contributed by atoms with Gasteiger partial charge in [-0.25, -0.2) is 9.67 Å². The van der Waals surface area contributed by atoms with Crippen LogP contribution in [0, 0.1) is 5.92 Å². The van der Waals surface area contributed by atoms with Crippen molar-refractivity contribution in [1.82, 2.24) is 29.8 Å². The van der Waals surface area contributed by atoms with Crippen molar-refractivity contribution in [2.45, 2.75) is 32.2 Å². The predicted octanol–water partition coefficient (Wildman–Crippen LogP) is 3.94. The Morgan fingerprint density at radius 1 is 1.06 bits per heavy atom. The van der Waals surface area contributed by atoms with Crippen LogP contribution in [0.1, 0.15) is 18.4 Å². The van der Waals surface area contributed by atoms with Gasteiger partial charge in [-0.1, -0.05) is 16.8 Å². The van der Waals surface area contributed by atoms with Crippen LogP contribution in [0.15, 0.2) is 28.9 Å². The van der Waals surface area contributed by atoms with Gasteiger partial charge in [0.05, 0.1) is 28.2 Å². The second-order valence-electron chi connectivity index (χ2n) is 9.43. The Labute approximate surface area is 217 Å². The second kappa shape index (κ2) is 10.3. The lowest BCUT2D eigenvalue weighted by Gasteiger charge is -2.35. The van der Waals surface area contributed by atoms with Crippen LogP contribution in [0.25, 0.3) is 11.0 Å². The van der Waals surface area contributed by atoms with Gasteiger partial charge in [0.1, 0.15) is 11.3 Å². The van der Waals surface area contributed by atoms with Crippen LogP contribution >= 0.6 is 27.5 Å². The number of halogens is 2. The molecule has 2 aliphatic heterocycles. The summed E-state index contributed by atoms with van der Waals surface area (Å²) in [4.78, 5) is 9.30. The highest BCUT2D eigenvalue weighted by atomic mass is 79.9. The van der Waals surface area contributed by atoms with Gasteiger partial charge in [0.2, 0.25) is 5.88 Å². The van der Waals surface area contributed by atoms with Crippen molar-refractivity contribution in [3.8, 4) is 11.6 Å². The van der Waals surface area contributed by atoms with Crippen LogP contribution in [-0.4, -0.2) is 82.0 Å². The molecule has 0 bridgehead atoms. The van der Waals surface area contributed by atoms with Gasteiger partial charge in [0.25, 0.3) is 0 Å². The molecule has 0 amide bonds. The van der Waals surface area contributed by atoms with Crippen LogP contribution in [-0.2, 0) is 22.6 Å². The third kappa shape index (κ3) is 5.47. The predicted molar refractivity (Wildman–Crippen MR) is 135 cm³/mol. The van der Waals surface area contributed by atoms with E-state index in [2.05, 4.69) is 41.0 Å². The van der Waals surface area contributed by atoms with Crippen LogP contribution in [0.4, 0.5) is 0 Å². The third-order valence-corrected chi connectivity index (χ3v) is 7.75. The molecule has 0 N–H and O–H groups in total. The van der Waals surface area contributed by atoms with Crippen LogP contribution in [0.2, 0.25) is 5.02 Å². The third-order valence-electron chi connectivity index (χ3n) is 6.77. The fourth-order valence-electron chi connectivity index (χ4n) is 4.62. The molecule has 3 aromatic rings. The molecule has 3 aliphatic rings. The first-order valence-corrected chi connectivity index (χ1v) is 13.3.